The topological polar surface area (TPSA) is 46.2 Å². The number of hydrogen-bond acceptors (Lipinski definition) is 2. The fraction of sp³-hybridized carbons (Fsp3) is 0.909. The van der Waals surface area contributed by atoms with Crippen molar-refractivity contribution in [1.29, 1.82) is 0 Å². The van der Waals surface area contributed by atoms with Crippen LogP contribution in [0.1, 0.15) is 6.42 Å². The van der Waals surface area contributed by atoms with Crippen molar-refractivity contribution in [3.05, 3.63) is 6.92 Å². The third-order valence-corrected chi connectivity index (χ3v) is 5.02. The molecule has 0 saturated heterocycles. The molecule has 0 unspecified atom stereocenters. The summed E-state index contributed by atoms with van der Waals surface area (Å²) in [5, 5.41) is -7.53. The van der Waals surface area contributed by atoms with E-state index < -0.39 is 70.0 Å². The molecule has 0 heterocycles. The SMILES string of the molecule is [CH2]CCNS(=O)(=O)C(F)(F)C(F)(F)C(F)(F)C(F)(F)C(F)(F)C(F)(F)C(F)(F)C(F)(F)F. The second-order valence-corrected chi connectivity index (χ2v) is 7.52. The number of nitrogens with one attached hydrogen (secondary N) is 1. The molecule has 0 amide bonds. The molecular formula is C11H7F17NO2S. The van der Waals surface area contributed by atoms with E-state index in [0.717, 1.165) is 0 Å². The van der Waals surface area contributed by atoms with Gasteiger partial charge in [-0.15, -0.1) is 0 Å². The number of alkyl halides is 17. The lowest BCUT2D eigenvalue weighted by atomic mass is 9.91. The molecule has 0 aromatic heterocycles. The van der Waals surface area contributed by atoms with Gasteiger partial charge in [-0.25, -0.2) is 13.1 Å². The average Bonchev–Trinajstić information content (AvgIpc) is 2.57. The zero-order valence-electron chi connectivity index (χ0n) is 14.3. The molecule has 0 aromatic rings. The summed E-state index contributed by atoms with van der Waals surface area (Å²) in [5.41, 5.74) is 0. The molecule has 32 heavy (non-hydrogen) atoms. The lowest BCUT2D eigenvalue weighted by molar-refractivity contribution is -0.458. The van der Waals surface area contributed by atoms with E-state index in [9.17, 15) is 83.1 Å². The lowest BCUT2D eigenvalue weighted by Gasteiger charge is -2.42. The predicted octanol–water partition coefficient (Wildman–Crippen LogP) is 5.10. The van der Waals surface area contributed by atoms with E-state index >= 15 is 0 Å². The molecule has 0 atom stereocenters. The minimum atomic E-state index is -8.83. The first-order valence-electron chi connectivity index (χ1n) is 7.06. The van der Waals surface area contributed by atoms with E-state index in [1.165, 1.54) is 0 Å². The first kappa shape index (κ1) is 30.7. The first-order chi connectivity index (χ1) is 13.6. The first-order valence-corrected chi connectivity index (χ1v) is 8.54. The highest BCUT2D eigenvalue weighted by Gasteiger charge is 2.96. The molecule has 193 valence electrons. The second-order valence-electron chi connectivity index (χ2n) is 5.71. The Morgan fingerprint density at radius 2 is 0.812 bits per heavy atom. The quantitative estimate of drug-likeness (QED) is 0.393. The standard InChI is InChI=1S/C11H7F17NO2S/c1-2-3-29-32(30,31)11(27,28)9(22,23)7(18,19)5(14,15)4(12,13)6(16,17)8(20,21)10(24,25)26/h29H,1-3H2. The molecule has 0 spiro atoms. The molecule has 0 aliphatic heterocycles. The monoisotopic (exact) mass is 540 g/mol. The molecule has 21 heteroatoms. The molecule has 0 aliphatic rings. The van der Waals surface area contributed by atoms with Gasteiger partial charge in [0.05, 0.1) is 0 Å². The van der Waals surface area contributed by atoms with Crippen LogP contribution in [-0.4, -0.2) is 61.9 Å². The maximum Gasteiger partial charge on any atom is 0.460 e. The zero-order valence-corrected chi connectivity index (χ0v) is 15.1. The van der Waals surface area contributed by atoms with Gasteiger partial charge in [-0.05, 0) is 6.42 Å². The van der Waals surface area contributed by atoms with Crippen LogP contribution in [0, 0.1) is 6.92 Å². The van der Waals surface area contributed by atoms with Crippen molar-refractivity contribution in [2.24, 2.45) is 0 Å². The Bertz CT molecular complexity index is 785. The van der Waals surface area contributed by atoms with Crippen LogP contribution >= 0.6 is 0 Å². The largest absolute Gasteiger partial charge is 0.460 e. The van der Waals surface area contributed by atoms with Crippen LogP contribution in [0.3, 0.4) is 0 Å². The van der Waals surface area contributed by atoms with E-state index in [1.807, 2.05) is 0 Å². The van der Waals surface area contributed by atoms with Crippen molar-refractivity contribution in [2.75, 3.05) is 6.54 Å². The Hall–Kier alpha value is -1.28. The van der Waals surface area contributed by atoms with Crippen LogP contribution in [0.5, 0.6) is 0 Å². The Morgan fingerprint density at radius 3 is 1.09 bits per heavy atom. The maximum atomic E-state index is 13.4. The molecule has 0 saturated carbocycles. The smallest absolute Gasteiger partial charge is 0.210 e. The summed E-state index contributed by atoms with van der Waals surface area (Å²) in [5.74, 6) is -51.5. The van der Waals surface area contributed by atoms with Crippen LogP contribution in [-0.2, 0) is 10.0 Å². The number of sulfonamides is 1. The predicted molar refractivity (Wildman–Crippen MR) is 67.6 cm³/mol. The van der Waals surface area contributed by atoms with E-state index in [-0.39, 0.29) is 0 Å². The van der Waals surface area contributed by atoms with Gasteiger partial charge in [0, 0.05) is 6.54 Å². The summed E-state index contributed by atoms with van der Waals surface area (Å²) >= 11 is 0. The molecule has 3 nitrogen and oxygen atoms in total. The number of hydrogen-bond donors (Lipinski definition) is 1. The van der Waals surface area contributed by atoms with Crippen LogP contribution < -0.4 is 4.72 Å². The van der Waals surface area contributed by atoms with Crippen LogP contribution in [0.25, 0.3) is 0 Å². The normalized spacial score (nSPS) is 16.4. The van der Waals surface area contributed by atoms with Crippen LogP contribution in [0.2, 0.25) is 0 Å². The fourth-order valence-electron chi connectivity index (χ4n) is 1.62. The summed E-state index contributed by atoms with van der Waals surface area (Å²) in [6.07, 6.45) is -8.65. The molecule has 0 rings (SSSR count). The molecule has 0 aliphatic carbocycles. The number of rotatable bonds is 10. The van der Waals surface area contributed by atoms with Gasteiger partial charge in [0.2, 0.25) is 0 Å². The maximum absolute atomic E-state index is 13.4. The van der Waals surface area contributed by atoms with Gasteiger partial charge in [-0.2, -0.15) is 74.6 Å². The Morgan fingerprint density at radius 1 is 0.531 bits per heavy atom. The summed E-state index contributed by atoms with van der Waals surface area (Å²) in [6, 6.07) is 0. The fourth-order valence-corrected chi connectivity index (χ4v) is 2.68. The van der Waals surface area contributed by atoms with E-state index in [0.29, 0.717) is 4.72 Å². The average molecular weight is 540 g/mol. The van der Waals surface area contributed by atoms with Crippen molar-refractivity contribution in [1.82, 2.24) is 4.72 Å². The molecule has 1 N–H and O–H groups in total. The molecule has 0 aromatic carbocycles. The molecular weight excluding hydrogens is 533 g/mol. The molecule has 0 bridgehead atoms. The van der Waals surface area contributed by atoms with Crippen molar-refractivity contribution < 1.29 is 83.1 Å². The highest BCUT2D eigenvalue weighted by molar-refractivity contribution is 7.90. The summed E-state index contributed by atoms with van der Waals surface area (Å²) in [7, 11) is -7.20. The van der Waals surface area contributed by atoms with E-state index in [1.54, 1.807) is 0 Å². The van der Waals surface area contributed by atoms with Crippen molar-refractivity contribution >= 4 is 10.0 Å². The van der Waals surface area contributed by atoms with Gasteiger partial charge in [0.1, 0.15) is 0 Å². The summed E-state index contributed by atoms with van der Waals surface area (Å²) in [4.78, 5) is 0. The van der Waals surface area contributed by atoms with Gasteiger partial charge in [-0.3, -0.25) is 0 Å². The summed E-state index contributed by atoms with van der Waals surface area (Å²) < 4.78 is 243. The van der Waals surface area contributed by atoms with Crippen molar-refractivity contribution in [3.63, 3.8) is 0 Å². The van der Waals surface area contributed by atoms with Gasteiger partial charge in [0.15, 0.2) is 0 Å². The summed E-state index contributed by atoms with van der Waals surface area (Å²) in [6.45, 7) is 1.38. The van der Waals surface area contributed by atoms with Crippen molar-refractivity contribution in [2.45, 2.75) is 53.4 Å². The van der Waals surface area contributed by atoms with Crippen LogP contribution in [0.15, 0.2) is 0 Å². The Labute approximate surface area is 166 Å². The Balaban J connectivity index is 6.85. The van der Waals surface area contributed by atoms with Gasteiger partial charge in [-0.1, -0.05) is 6.92 Å². The minimum Gasteiger partial charge on any atom is -0.210 e. The lowest BCUT2D eigenvalue weighted by Crippen LogP contribution is -2.75. The van der Waals surface area contributed by atoms with E-state index in [2.05, 4.69) is 6.92 Å². The minimum absolute atomic E-state index is 0.389. The van der Waals surface area contributed by atoms with Gasteiger partial charge < -0.3 is 0 Å². The van der Waals surface area contributed by atoms with E-state index in [4.69, 9.17) is 0 Å². The van der Waals surface area contributed by atoms with Gasteiger partial charge >= 0.3 is 47.0 Å². The molecule has 0 fully saturated rings. The van der Waals surface area contributed by atoms with Crippen molar-refractivity contribution in [3.8, 4) is 0 Å². The Kier molecular flexibility index (Phi) is 7.58. The highest BCUT2D eigenvalue weighted by atomic mass is 32.2. The second kappa shape index (κ2) is 7.90. The zero-order chi connectivity index (χ0) is 26.6. The van der Waals surface area contributed by atoms with Gasteiger partial charge in [0.25, 0.3) is 10.0 Å². The highest BCUT2D eigenvalue weighted by Crippen LogP contribution is 2.64. The number of halogens is 17. The van der Waals surface area contributed by atoms with Crippen LogP contribution in [0.4, 0.5) is 74.6 Å². The third kappa shape index (κ3) is 3.85. The molecule has 1 radical (unpaired) electrons. The third-order valence-electron chi connectivity index (χ3n) is 3.50.